The van der Waals surface area contributed by atoms with Gasteiger partial charge < -0.3 is 14.2 Å². The zero-order valence-electron chi connectivity index (χ0n) is 14.0. The highest BCUT2D eigenvalue weighted by Crippen LogP contribution is 2.25. The first-order chi connectivity index (χ1) is 12.0. The number of oxazole rings is 1. The molecule has 130 valence electrons. The Morgan fingerprint density at radius 1 is 1.36 bits per heavy atom. The number of carbonyl (C=O) groups is 1. The van der Waals surface area contributed by atoms with Crippen molar-refractivity contribution in [3.05, 3.63) is 42.0 Å². The summed E-state index contributed by atoms with van der Waals surface area (Å²) < 4.78 is 20.6. The zero-order valence-corrected chi connectivity index (χ0v) is 14.0. The van der Waals surface area contributed by atoms with Gasteiger partial charge in [-0.3, -0.25) is 9.48 Å². The number of benzene rings is 1. The predicted molar refractivity (Wildman–Crippen MR) is 89.9 cm³/mol. The molecule has 7 nitrogen and oxygen atoms in total. The Balaban J connectivity index is 1.51. The summed E-state index contributed by atoms with van der Waals surface area (Å²) >= 11 is 0. The predicted octanol–water partition coefficient (Wildman–Crippen LogP) is 2.05. The summed E-state index contributed by atoms with van der Waals surface area (Å²) in [6, 6.07) is 4.75. The Bertz CT molecular complexity index is 934. The Labute approximate surface area is 143 Å². The molecule has 0 N–H and O–H groups in total. The van der Waals surface area contributed by atoms with Crippen LogP contribution in [0.1, 0.15) is 17.3 Å². The van der Waals surface area contributed by atoms with E-state index in [1.807, 2.05) is 16.7 Å². The number of nitrogens with zero attached hydrogens (tertiary/aromatic N) is 5. The number of amides is 1. The first kappa shape index (κ1) is 15.6. The minimum atomic E-state index is -0.351. The van der Waals surface area contributed by atoms with Crippen LogP contribution < -0.4 is 4.90 Å². The van der Waals surface area contributed by atoms with Crippen molar-refractivity contribution in [1.82, 2.24) is 19.7 Å². The van der Waals surface area contributed by atoms with Crippen LogP contribution in [0.25, 0.3) is 11.1 Å². The van der Waals surface area contributed by atoms with Crippen molar-refractivity contribution in [2.24, 2.45) is 7.05 Å². The van der Waals surface area contributed by atoms with Gasteiger partial charge in [-0.25, -0.2) is 4.39 Å². The summed E-state index contributed by atoms with van der Waals surface area (Å²) in [5.41, 5.74) is 1.63. The quantitative estimate of drug-likeness (QED) is 0.712. The number of rotatable bonds is 2. The molecule has 3 heterocycles. The maximum absolute atomic E-state index is 13.3. The zero-order chi connectivity index (χ0) is 17.6. The maximum Gasteiger partial charge on any atom is 0.298 e. The second-order valence-corrected chi connectivity index (χ2v) is 6.30. The molecule has 1 unspecified atom stereocenters. The first-order valence-electron chi connectivity index (χ1n) is 8.12. The second-order valence-electron chi connectivity index (χ2n) is 6.30. The molecule has 0 spiro atoms. The fourth-order valence-corrected chi connectivity index (χ4v) is 3.15. The highest BCUT2D eigenvalue weighted by molar-refractivity contribution is 5.94. The molecule has 0 aliphatic carbocycles. The number of aromatic nitrogens is 3. The first-order valence-corrected chi connectivity index (χ1v) is 8.12. The average molecular weight is 343 g/mol. The molecule has 1 aliphatic heterocycles. The van der Waals surface area contributed by atoms with Gasteiger partial charge in [0.25, 0.3) is 11.9 Å². The Morgan fingerprint density at radius 2 is 2.20 bits per heavy atom. The number of aryl methyl sites for hydroxylation is 1. The number of carbonyl (C=O) groups excluding carboxylic acids is 1. The number of hydrogen-bond donors (Lipinski definition) is 0. The van der Waals surface area contributed by atoms with Crippen molar-refractivity contribution in [1.29, 1.82) is 0 Å². The molecule has 3 aromatic rings. The van der Waals surface area contributed by atoms with Crippen molar-refractivity contribution in [3.63, 3.8) is 0 Å². The molecule has 2 aromatic heterocycles. The van der Waals surface area contributed by atoms with Crippen molar-refractivity contribution < 1.29 is 13.6 Å². The van der Waals surface area contributed by atoms with E-state index in [1.54, 1.807) is 30.2 Å². The number of piperazine rings is 1. The van der Waals surface area contributed by atoms with Crippen LogP contribution in [-0.4, -0.2) is 51.2 Å². The van der Waals surface area contributed by atoms with E-state index < -0.39 is 0 Å². The number of halogens is 1. The average Bonchev–Trinajstić information content (AvgIpc) is 3.20. The van der Waals surface area contributed by atoms with Crippen LogP contribution in [0.15, 0.2) is 35.0 Å². The molecule has 1 aliphatic rings. The summed E-state index contributed by atoms with van der Waals surface area (Å²) in [6.45, 7) is 3.75. The molecule has 25 heavy (non-hydrogen) atoms. The van der Waals surface area contributed by atoms with Crippen molar-refractivity contribution in [3.8, 4) is 0 Å². The van der Waals surface area contributed by atoms with E-state index in [9.17, 15) is 9.18 Å². The molecule has 0 bridgehead atoms. The van der Waals surface area contributed by atoms with E-state index in [-0.39, 0.29) is 17.8 Å². The van der Waals surface area contributed by atoms with Crippen LogP contribution >= 0.6 is 0 Å². The summed E-state index contributed by atoms with van der Waals surface area (Å²) in [5.74, 6) is -0.379. The van der Waals surface area contributed by atoms with Gasteiger partial charge in [-0.05, 0) is 19.1 Å². The molecule has 1 fully saturated rings. The van der Waals surface area contributed by atoms with E-state index >= 15 is 0 Å². The van der Waals surface area contributed by atoms with Gasteiger partial charge in [0, 0.05) is 45.0 Å². The van der Waals surface area contributed by atoms with E-state index in [0.29, 0.717) is 42.3 Å². The summed E-state index contributed by atoms with van der Waals surface area (Å²) in [4.78, 5) is 20.8. The highest BCUT2D eigenvalue weighted by Gasteiger charge is 2.30. The van der Waals surface area contributed by atoms with Crippen molar-refractivity contribution >= 4 is 23.0 Å². The van der Waals surface area contributed by atoms with Gasteiger partial charge in [0.1, 0.15) is 11.3 Å². The molecule has 0 radical (unpaired) electrons. The summed E-state index contributed by atoms with van der Waals surface area (Å²) in [7, 11) is 1.79. The third-order valence-electron chi connectivity index (χ3n) is 4.45. The molecule has 1 saturated heterocycles. The molecule has 8 heteroatoms. The molecular formula is C17H18FN5O2. The lowest BCUT2D eigenvalue weighted by Crippen LogP contribution is -2.54. The molecule has 1 amide bonds. The molecule has 0 saturated carbocycles. The minimum Gasteiger partial charge on any atom is -0.423 e. The fraction of sp³-hybridized carbons (Fsp3) is 0.353. The van der Waals surface area contributed by atoms with Crippen LogP contribution in [0.5, 0.6) is 0 Å². The SMILES string of the molecule is CC1CN(c2nc3ccc(F)cc3o2)CCN1C(=O)c1cnn(C)c1. The van der Waals surface area contributed by atoms with Gasteiger partial charge in [-0.2, -0.15) is 10.1 Å². The molecule has 1 aromatic carbocycles. The topological polar surface area (TPSA) is 67.4 Å². The van der Waals surface area contributed by atoms with Crippen LogP contribution in [0.3, 0.4) is 0 Å². The van der Waals surface area contributed by atoms with Crippen LogP contribution in [0.2, 0.25) is 0 Å². The van der Waals surface area contributed by atoms with Crippen LogP contribution in [-0.2, 0) is 7.05 Å². The number of fused-ring (bicyclic) bond motifs is 1. The second kappa shape index (κ2) is 5.87. The lowest BCUT2D eigenvalue weighted by molar-refractivity contribution is 0.0671. The molecule has 4 rings (SSSR count). The molecular weight excluding hydrogens is 325 g/mol. The smallest absolute Gasteiger partial charge is 0.298 e. The maximum atomic E-state index is 13.3. The lowest BCUT2D eigenvalue weighted by Gasteiger charge is -2.39. The van der Waals surface area contributed by atoms with Gasteiger partial charge in [0.2, 0.25) is 0 Å². The van der Waals surface area contributed by atoms with Crippen molar-refractivity contribution in [2.75, 3.05) is 24.5 Å². The number of anilines is 1. The largest absolute Gasteiger partial charge is 0.423 e. The Morgan fingerprint density at radius 3 is 2.92 bits per heavy atom. The Hall–Kier alpha value is -2.90. The monoisotopic (exact) mass is 343 g/mol. The third-order valence-corrected chi connectivity index (χ3v) is 4.45. The highest BCUT2D eigenvalue weighted by atomic mass is 19.1. The van der Waals surface area contributed by atoms with E-state index in [4.69, 9.17) is 4.42 Å². The Kier molecular flexibility index (Phi) is 3.67. The summed E-state index contributed by atoms with van der Waals surface area (Å²) in [6.07, 6.45) is 3.30. The third kappa shape index (κ3) is 2.84. The van der Waals surface area contributed by atoms with E-state index in [0.717, 1.165) is 0 Å². The van der Waals surface area contributed by atoms with E-state index in [1.165, 1.54) is 12.1 Å². The number of hydrogen-bond acceptors (Lipinski definition) is 5. The van der Waals surface area contributed by atoms with Gasteiger partial charge >= 0.3 is 0 Å². The van der Waals surface area contributed by atoms with Gasteiger partial charge in [-0.15, -0.1) is 0 Å². The minimum absolute atomic E-state index is 0.00629. The standard InChI is InChI=1S/C17H18FN5O2/c1-11-9-22(17-20-14-4-3-13(18)7-15(14)25-17)5-6-23(11)16(24)12-8-19-21(2)10-12/h3-4,7-8,10-11H,5-6,9H2,1-2H3. The van der Waals surface area contributed by atoms with E-state index in [2.05, 4.69) is 10.1 Å². The van der Waals surface area contributed by atoms with Gasteiger partial charge in [0.15, 0.2) is 5.58 Å². The lowest BCUT2D eigenvalue weighted by atomic mass is 10.1. The summed E-state index contributed by atoms with van der Waals surface area (Å²) in [5, 5.41) is 4.05. The van der Waals surface area contributed by atoms with Crippen LogP contribution in [0, 0.1) is 5.82 Å². The van der Waals surface area contributed by atoms with Crippen molar-refractivity contribution in [2.45, 2.75) is 13.0 Å². The van der Waals surface area contributed by atoms with Gasteiger partial charge in [0.05, 0.1) is 11.8 Å². The van der Waals surface area contributed by atoms with Crippen LogP contribution in [0.4, 0.5) is 10.4 Å². The van der Waals surface area contributed by atoms with Gasteiger partial charge in [-0.1, -0.05) is 0 Å². The normalized spacial score (nSPS) is 18.1. The fourth-order valence-electron chi connectivity index (χ4n) is 3.15. The molecule has 1 atom stereocenters.